The van der Waals surface area contributed by atoms with Crippen molar-refractivity contribution in [2.45, 2.75) is 51.5 Å². The Labute approximate surface area is 184 Å². The third kappa shape index (κ3) is 4.05. The molecule has 0 bridgehead atoms. The van der Waals surface area contributed by atoms with Crippen LogP contribution in [0.2, 0.25) is 0 Å². The molecule has 0 spiro atoms. The molecule has 31 heavy (non-hydrogen) atoms. The van der Waals surface area contributed by atoms with Gasteiger partial charge >= 0.3 is 0 Å². The maximum absolute atomic E-state index is 12.5. The summed E-state index contributed by atoms with van der Waals surface area (Å²) in [5.74, 6) is 2.37. The number of carbonyl (C=O) groups is 1. The van der Waals surface area contributed by atoms with Gasteiger partial charge in [0, 0.05) is 37.6 Å². The Morgan fingerprint density at radius 2 is 1.74 bits per heavy atom. The van der Waals surface area contributed by atoms with Crippen molar-refractivity contribution in [1.29, 1.82) is 0 Å². The lowest BCUT2D eigenvalue weighted by Gasteiger charge is -2.37. The van der Waals surface area contributed by atoms with Crippen molar-refractivity contribution in [2.75, 3.05) is 46.7 Å². The van der Waals surface area contributed by atoms with E-state index >= 15 is 0 Å². The number of amides is 1. The van der Waals surface area contributed by atoms with Crippen molar-refractivity contribution < 1.29 is 4.79 Å². The average molecular weight is 421 g/mol. The highest BCUT2D eigenvalue weighted by Gasteiger charge is 2.34. The standard InChI is InChI=1S/C24H32N6O/c1-17-11-13-29(14-12-17)19-9-7-18(8-10-19)26-24-25-15-21-23(27-24)30(16-22(31)28(21)2)20-5-3-4-6-20/h7-10,15,17,20H,3-6,11-14,16H2,1-2H3,(H,25,26,27). The van der Waals surface area contributed by atoms with E-state index in [1.165, 1.54) is 31.4 Å². The Balaban J connectivity index is 1.34. The third-order valence-corrected chi connectivity index (χ3v) is 7.10. The van der Waals surface area contributed by atoms with Crippen LogP contribution in [0.5, 0.6) is 0 Å². The van der Waals surface area contributed by atoms with Crippen molar-refractivity contribution in [3.63, 3.8) is 0 Å². The number of rotatable bonds is 4. The summed E-state index contributed by atoms with van der Waals surface area (Å²) < 4.78 is 0. The lowest BCUT2D eigenvalue weighted by Crippen LogP contribution is -2.48. The first-order valence-corrected chi connectivity index (χ1v) is 11.6. The van der Waals surface area contributed by atoms with Gasteiger partial charge in [0.15, 0.2) is 5.82 Å². The molecule has 1 saturated carbocycles. The van der Waals surface area contributed by atoms with Gasteiger partial charge in [0.2, 0.25) is 11.9 Å². The highest BCUT2D eigenvalue weighted by atomic mass is 16.2. The quantitative estimate of drug-likeness (QED) is 0.800. The van der Waals surface area contributed by atoms with Crippen molar-refractivity contribution in [1.82, 2.24) is 9.97 Å². The van der Waals surface area contributed by atoms with E-state index in [-0.39, 0.29) is 5.91 Å². The minimum atomic E-state index is 0.103. The normalized spacial score (nSPS) is 20.3. The van der Waals surface area contributed by atoms with Crippen LogP contribution in [0.25, 0.3) is 0 Å². The number of aromatic nitrogens is 2. The second-order valence-electron chi connectivity index (χ2n) is 9.26. The minimum Gasteiger partial charge on any atom is -0.372 e. The topological polar surface area (TPSA) is 64.6 Å². The van der Waals surface area contributed by atoms with Gasteiger partial charge in [-0.15, -0.1) is 0 Å². The molecule has 7 heteroatoms. The van der Waals surface area contributed by atoms with Crippen LogP contribution in [0.3, 0.4) is 0 Å². The Kier molecular flexibility index (Phi) is 5.42. The fourth-order valence-electron chi connectivity index (χ4n) is 5.01. The number of fused-ring (bicyclic) bond motifs is 1. The molecule has 1 aromatic heterocycles. The van der Waals surface area contributed by atoms with E-state index in [2.05, 4.69) is 51.3 Å². The number of hydrogen-bond acceptors (Lipinski definition) is 6. The van der Waals surface area contributed by atoms with Gasteiger partial charge < -0.3 is 20.0 Å². The molecule has 3 heterocycles. The molecule has 1 aromatic carbocycles. The number of hydrogen-bond donors (Lipinski definition) is 1. The monoisotopic (exact) mass is 420 g/mol. The SMILES string of the molecule is CC1CCN(c2ccc(Nc3ncc4c(n3)N(C3CCCC3)CC(=O)N4C)cc2)CC1. The second kappa shape index (κ2) is 8.36. The Morgan fingerprint density at radius 1 is 1.03 bits per heavy atom. The first-order chi connectivity index (χ1) is 15.1. The van der Waals surface area contributed by atoms with Gasteiger partial charge in [0.1, 0.15) is 5.69 Å². The van der Waals surface area contributed by atoms with Crippen molar-refractivity contribution in [2.24, 2.45) is 5.92 Å². The van der Waals surface area contributed by atoms with E-state index in [1.54, 1.807) is 11.1 Å². The van der Waals surface area contributed by atoms with E-state index in [0.29, 0.717) is 18.5 Å². The number of piperidine rings is 1. The summed E-state index contributed by atoms with van der Waals surface area (Å²) in [6.07, 6.45) is 8.99. The molecule has 5 rings (SSSR count). The summed E-state index contributed by atoms with van der Waals surface area (Å²) in [5, 5.41) is 3.36. The zero-order chi connectivity index (χ0) is 21.4. The molecule has 2 aromatic rings. The highest BCUT2D eigenvalue weighted by molar-refractivity contribution is 6.02. The van der Waals surface area contributed by atoms with Crippen molar-refractivity contribution >= 4 is 34.7 Å². The summed E-state index contributed by atoms with van der Waals surface area (Å²) >= 11 is 0. The Morgan fingerprint density at radius 3 is 2.45 bits per heavy atom. The molecule has 2 aliphatic heterocycles. The fourth-order valence-corrected chi connectivity index (χ4v) is 5.01. The van der Waals surface area contributed by atoms with E-state index in [9.17, 15) is 4.79 Å². The van der Waals surface area contributed by atoms with Gasteiger partial charge in [0.25, 0.3) is 0 Å². The lowest BCUT2D eigenvalue weighted by atomic mass is 9.99. The van der Waals surface area contributed by atoms with Gasteiger partial charge in [-0.1, -0.05) is 19.8 Å². The van der Waals surface area contributed by atoms with E-state index in [4.69, 9.17) is 4.98 Å². The third-order valence-electron chi connectivity index (χ3n) is 7.10. The molecule has 0 radical (unpaired) electrons. The lowest BCUT2D eigenvalue weighted by molar-refractivity contribution is -0.117. The molecule has 0 unspecified atom stereocenters. The summed E-state index contributed by atoms with van der Waals surface area (Å²) in [7, 11) is 1.81. The first-order valence-electron chi connectivity index (χ1n) is 11.6. The predicted molar refractivity (Wildman–Crippen MR) is 125 cm³/mol. The molecule has 1 N–H and O–H groups in total. The van der Waals surface area contributed by atoms with Crippen molar-refractivity contribution in [3.05, 3.63) is 30.5 Å². The molecule has 0 atom stereocenters. The largest absolute Gasteiger partial charge is 0.372 e. The molecule has 164 valence electrons. The Bertz CT molecular complexity index is 932. The van der Waals surface area contributed by atoms with Gasteiger partial charge in [-0.25, -0.2) is 4.98 Å². The molecule has 7 nitrogen and oxygen atoms in total. The molecule has 1 saturated heterocycles. The van der Waals surface area contributed by atoms with E-state index in [1.807, 2.05) is 7.05 Å². The summed E-state index contributed by atoms with van der Waals surface area (Å²) in [4.78, 5) is 28.2. The maximum Gasteiger partial charge on any atom is 0.246 e. The van der Waals surface area contributed by atoms with Crippen LogP contribution in [-0.2, 0) is 4.79 Å². The van der Waals surface area contributed by atoms with E-state index < -0.39 is 0 Å². The van der Waals surface area contributed by atoms with Crippen LogP contribution in [0, 0.1) is 5.92 Å². The average Bonchev–Trinajstić information content (AvgIpc) is 3.32. The summed E-state index contributed by atoms with van der Waals surface area (Å²) in [6.45, 7) is 4.99. The second-order valence-corrected chi connectivity index (χ2v) is 9.26. The number of nitrogens with one attached hydrogen (secondary N) is 1. The minimum absolute atomic E-state index is 0.103. The van der Waals surface area contributed by atoms with Crippen LogP contribution >= 0.6 is 0 Å². The summed E-state index contributed by atoms with van der Waals surface area (Å²) in [5.41, 5.74) is 3.04. The van der Waals surface area contributed by atoms with Gasteiger partial charge in [-0.3, -0.25) is 4.79 Å². The maximum atomic E-state index is 12.5. The van der Waals surface area contributed by atoms with Crippen molar-refractivity contribution in [3.8, 4) is 0 Å². The zero-order valence-corrected chi connectivity index (χ0v) is 18.5. The van der Waals surface area contributed by atoms with Crippen LogP contribution in [0.1, 0.15) is 45.4 Å². The molecule has 2 fully saturated rings. The molecule has 1 aliphatic carbocycles. The smallest absolute Gasteiger partial charge is 0.246 e. The number of benzene rings is 1. The van der Waals surface area contributed by atoms with Gasteiger partial charge in [0.05, 0.1) is 12.7 Å². The van der Waals surface area contributed by atoms with Crippen LogP contribution in [0.15, 0.2) is 30.5 Å². The van der Waals surface area contributed by atoms with Crippen LogP contribution in [0.4, 0.5) is 28.8 Å². The molecular formula is C24H32N6O. The first kappa shape index (κ1) is 20.1. The van der Waals surface area contributed by atoms with Crippen LogP contribution < -0.4 is 20.0 Å². The molecule has 3 aliphatic rings. The highest BCUT2D eigenvalue weighted by Crippen LogP contribution is 2.36. The van der Waals surface area contributed by atoms with Gasteiger partial charge in [-0.2, -0.15) is 4.98 Å². The van der Waals surface area contributed by atoms with Gasteiger partial charge in [-0.05, 0) is 55.9 Å². The van der Waals surface area contributed by atoms with Crippen LogP contribution in [-0.4, -0.2) is 48.6 Å². The summed E-state index contributed by atoms with van der Waals surface area (Å²) in [6, 6.07) is 8.94. The predicted octanol–water partition coefficient (Wildman–Crippen LogP) is 4.18. The molecule has 1 amide bonds. The number of anilines is 5. The zero-order valence-electron chi connectivity index (χ0n) is 18.5. The Hall–Kier alpha value is -2.83. The fraction of sp³-hybridized carbons (Fsp3) is 0.542. The van der Waals surface area contributed by atoms with E-state index in [0.717, 1.165) is 49.0 Å². The number of carbonyl (C=O) groups excluding carboxylic acids is 1. The number of likely N-dealkylation sites (N-methyl/N-ethyl adjacent to an activating group) is 1. The number of nitrogens with zero attached hydrogens (tertiary/aromatic N) is 5. The molecular weight excluding hydrogens is 388 g/mol.